The standard InChI is InChI=1S/C14H15N3S2/c1-8-6-11(19-10(8)3)7-17-13-12(16-14(17)18)5-4-9(2)15-13/h4-6H,7H2,1-3H3,(H,16,18). The molecule has 0 unspecified atom stereocenters. The van der Waals surface area contributed by atoms with E-state index < -0.39 is 0 Å². The Morgan fingerprint density at radius 3 is 2.79 bits per heavy atom. The molecule has 98 valence electrons. The third-order valence-electron chi connectivity index (χ3n) is 3.29. The molecule has 0 fully saturated rings. The van der Waals surface area contributed by atoms with Crippen molar-refractivity contribution in [2.75, 3.05) is 0 Å². The smallest absolute Gasteiger partial charge is 0.179 e. The Morgan fingerprint density at radius 2 is 2.11 bits per heavy atom. The Hall–Kier alpha value is -1.46. The highest BCUT2D eigenvalue weighted by atomic mass is 32.1. The van der Waals surface area contributed by atoms with Crippen LogP contribution in [0.15, 0.2) is 18.2 Å². The summed E-state index contributed by atoms with van der Waals surface area (Å²) in [6.07, 6.45) is 0. The van der Waals surface area contributed by atoms with Crippen LogP contribution in [-0.4, -0.2) is 14.5 Å². The third-order valence-corrected chi connectivity index (χ3v) is 4.75. The van der Waals surface area contributed by atoms with Crippen LogP contribution in [0.3, 0.4) is 0 Å². The molecule has 0 amide bonds. The molecular formula is C14H15N3S2. The number of nitrogens with zero attached hydrogens (tertiary/aromatic N) is 2. The predicted octanol–water partition coefficient (Wildman–Crippen LogP) is 4.13. The van der Waals surface area contributed by atoms with Gasteiger partial charge in [-0.15, -0.1) is 11.3 Å². The molecule has 0 atom stereocenters. The molecule has 1 N–H and O–H groups in total. The highest BCUT2D eigenvalue weighted by Crippen LogP contribution is 2.23. The number of fused-ring (bicyclic) bond motifs is 1. The summed E-state index contributed by atoms with van der Waals surface area (Å²) in [5.74, 6) is 0. The highest BCUT2D eigenvalue weighted by Gasteiger charge is 2.09. The van der Waals surface area contributed by atoms with E-state index in [0.717, 1.165) is 28.2 Å². The van der Waals surface area contributed by atoms with E-state index >= 15 is 0 Å². The van der Waals surface area contributed by atoms with Gasteiger partial charge in [-0.1, -0.05) is 0 Å². The lowest BCUT2D eigenvalue weighted by Gasteiger charge is -2.02. The average Bonchev–Trinajstić information content (AvgIpc) is 2.82. The minimum Gasteiger partial charge on any atom is -0.329 e. The van der Waals surface area contributed by atoms with Gasteiger partial charge in [0.15, 0.2) is 10.4 Å². The molecule has 5 heteroatoms. The van der Waals surface area contributed by atoms with Crippen molar-refractivity contribution in [1.82, 2.24) is 14.5 Å². The second-order valence-electron chi connectivity index (χ2n) is 4.79. The molecule has 0 aromatic carbocycles. The number of imidazole rings is 1. The lowest BCUT2D eigenvalue weighted by atomic mass is 10.3. The molecule has 0 saturated carbocycles. The first-order chi connectivity index (χ1) is 9.04. The average molecular weight is 289 g/mol. The van der Waals surface area contributed by atoms with Crippen molar-refractivity contribution in [3.8, 4) is 0 Å². The summed E-state index contributed by atoms with van der Waals surface area (Å²) in [6.45, 7) is 7.08. The van der Waals surface area contributed by atoms with Gasteiger partial charge in [-0.25, -0.2) is 4.98 Å². The summed E-state index contributed by atoms with van der Waals surface area (Å²) in [4.78, 5) is 10.5. The molecule has 19 heavy (non-hydrogen) atoms. The number of aromatic amines is 1. The maximum absolute atomic E-state index is 5.41. The van der Waals surface area contributed by atoms with E-state index in [1.807, 2.05) is 30.4 Å². The van der Waals surface area contributed by atoms with Crippen molar-refractivity contribution < 1.29 is 0 Å². The quantitative estimate of drug-likeness (QED) is 0.720. The van der Waals surface area contributed by atoms with Crippen LogP contribution in [0.25, 0.3) is 11.2 Å². The molecule has 0 radical (unpaired) electrons. The number of hydrogen-bond acceptors (Lipinski definition) is 3. The largest absolute Gasteiger partial charge is 0.329 e. The van der Waals surface area contributed by atoms with E-state index in [2.05, 4.69) is 34.4 Å². The van der Waals surface area contributed by atoms with Gasteiger partial charge in [0.2, 0.25) is 0 Å². The van der Waals surface area contributed by atoms with Crippen molar-refractivity contribution in [2.45, 2.75) is 27.3 Å². The van der Waals surface area contributed by atoms with Crippen LogP contribution >= 0.6 is 23.6 Å². The fraction of sp³-hybridized carbons (Fsp3) is 0.286. The van der Waals surface area contributed by atoms with Gasteiger partial charge in [0.25, 0.3) is 0 Å². The van der Waals surface area contributed by atoms with Gasteiger partial charge < -0.3 is 4.98 Å². The molecular weight excluding hydrogens is 274 g/mol. The molecule has 0 aliphatic rings. The van der Waals surface area contributed by atoms with Crippen LogP contribution in [-0.2, 0) is 6.54 Å². The Kier molecular flexibility index (Phi) is 3.03. The minimum absolute atomic E-state index is 0.733. The summed E-state index contributed by atoms with van der Waals surface area (Å²) in [5.41, 5.74) is 4.29. The Morgan fingerprint density at radius 1 is 1.32 bits per heavy atom. The van der Waals surface area contributed by atoms with Crippen molar-refractivity contribution in [3.63, 3.8) is 0 Å². The van der Waals surface area contributed by atoms with Crippen LogP contribution in [0.4, 0.5) is 0 Å². The van der Waals surface area contributed by atoms with Crippen LogP contribution in [0, 0.1) is 25.5 Å². The number of aromatic nitrogens is 3. The van der Waals surface area contributed by atoms with Gasteiger partial charge in [0.1, 0.15) is 0 Å². The molecule has 0 saturated heterocycles. The molecule has 3 nitrogen and oxygen atoms in total. The first kappa shape index (κ1) is 12.6. The fourth-order valence-electron chi connectivity index (χ4n) is 2.16. The SMILES string of the molecule is Cc1ccc2[nH]c(=S)n(Cc3cc(C)c(C)s3)c2n1. The van der Waals surface area contributed by atoms with E-state index in [1.54, 1.807) is 0 Å². The molecule has 0 spiro atoms. The van der Waals surface area contributed by atoms with Gasteiger partial charge in [0, 0.05) is 15.4 Å². The van der Waals surface area contributed by atoms with Crippen molar-refractivity contribution in [1.29, 1.82) is 0 Å². The topological polar surface area (TPSA) is 33.6 Å². The predicted molar refractivity (Wildman–Crippen MR) is 82.5 cm³/mol. The highest BCUT2D eigenvalue weighted by molar-refractivity contribution is 7.71. The van der Waals surface area contributed by atoms with Crippen LogP contribution < -0.4 is 0 Å². The summed E-state index contributed by atoms with van der Waals surface area (Å²) in [7, 11) is 0. The Bertz CT molecular complexity index is 788. The second-order valence-corrected chi connectivity index (χ2v) is 6.52. The van der Waals surface area contributed by atoms with Crippen LogP contribution in [0.2, 0.25) is 0 Å². The van der Waals surface area contributed by atoms with E-state index in [0.29, 0.717) is 0 Å². The van der Waals surface area contributed by atoms with Crippen LogP contribution in [0.5, 0.6) is 0 Å². The van der Waals surface area contributed by atoms with E-state index in [-0.39, 0.29) is 0 Å². The number of thiophene rings is 1. The maximum Gasteiger partial charge on any atom is 0.179 e. The van der Waals surface area contributed by atoms with E-state index in [9.17, 15) is 0 Å². The molecule has 3 rings (SSSR count). The second kappa shape index (κ2) is 4.58. The Labute approximate surface area is 120 Å². The zero-order valence-corrected chi connectivity index (χ0v) is 12.8. The van der Waals surface area contributed by atoms with E-state index in [1.165, 1.54) is 15.3 Å². The molecule has 0 aliphatic carbocycles. The zero-order valence-electron chi connectivity index (χ0n) is 11.2. The maximum atomic E-state index is 5.41. The minimum atomic E-state index is 0.733. The summed E-state index contributed by atoms with van der Waals surface area (Å²) < 4.78 is 2.80. The summed E-state index contributed by atoms with van der Waals surface area (Å²) in [6, 6.07) is 6.27. The zero-order chi connectivity index (χ0) is 13.6. The lowest BCUT2D eigenvalue weighted by Crippen LogP contribution is -1.99. The lowest BCUT2D eigenvalue weighted by molar-refractivity contribution is 0.811. The number of hydrogen-bond donors (Lipinski definition) is 1. The molecule has 3 aromatic rings. The number of aryl methyl sites for hydroxylation is 3. The van der Waals surface area contributed by atoms with Crippen LogP contribution in [0.1, 0.15) is 21.0 Å². The van der Waals surface area contributed by atoms with Crippen molar-refractivity contribution in [3.05, 3.63) is 44.0 Å². The Balaban J connectivity index is 2.11. The van der Waals surface area contributed by atoms with Gasteiger partial charge in [0.05, 0.1) is 12.1 Å². The van der Waals surface area contributed by atoms with Gasteiger partial charge in [-0.05, 0) is 56.8 Å². The number of nitrogens with one attached hydrogen (secondary N) is 1. The van der Waals surface area contributed by atoms with Crippen molar-refractivity contribution in [2.24, 2.45) is 0 Å². The van der Waals surface area contributed by atoms with Gasteiger partial charge in [-0.2, -0.15) is 0 Å². The fourth-order valence-corrected chi connectivity index (χ4v) is 3.46. The van der Waals surface area contributed by atoms with E-state index in [4.69, 9.17) is 12.2 Å². The third kappa shape index (κ3) is 2.24. The number of rotatable bonds is 2. The van der Waals surface area contributed by atoms with Gasteiger partial charge >= 0.3 is 0 Å². The number of H-pyrrole nitrogens is 1. The molecule has 3 aromatic heterocycles. The number of pyridine rings is 1. The van der Waals surface area contributed by atoms with Crippen molar-refractivity contribution >= 4 is 34.7 Å². The normalized spacial score (nSPS) is 11.3. The monoisotopic (exact) mass is 289 g/mol. The first-order valence-electron chi connectivity index (χ1n) is 6.16. The molecule has 0 aliphatic heterocycles. The summed E-state index contributed by atoms with van der Waals surface area (Å²) in [5, 5.41) is 0. The first-order valence-corrected chi connectivity index (χ1v) is 7.39. The molecule has 0 bridgehead atoms. The van der Waals surface area contributed by atoms with Gasteiger partial charge in [-0.3, -0.25) is 4.57 Å². The molecule has 3 heterocycles. The summed E-state index contributed by atoms with van der Waals surface area (Å²) >= 11 is 7.23.